The van der Waals surface area contributed by atoms with Crippen LogP contribution in [0.5, 0.6) is 0 Å². The monoisotopic (exact) mass is 409 g/mol. The van der Waals surface area contributed by atoms with Crippen LogP contribution in [0.25, 0.3) is 0 Å². The lowest BCUT2D eigenvalue weighted by Crippen LogP contribution is -2.57. The van der Waals surface area contributed by atoms with Crippen LogP contribution in [0.3, 0.4) is 0 Å². The SMILES string of the molecule is CCN1c2cc(C(=O)NCc3ccc(SC)cc3)ccc2C(=O)N2CCCCC21. The molecule has 2 aromatic rings. The number of anilines is 1. The molecule has 0 spiro atoms. The van der Waals surface area contributed by atoms with Gasteiger partial charge in [0.15, 0.2) is 0 Å². The van der Waals surface area contributed by atoms with Crippen molar-refractivity contribution in [1.29, 1.82) is 0 Å². The number of amides is 2. The Labute approximate surface area is 176 Å². The van der Waals surface area contributed by atoms with Gasteiger partial charge in [0, 0.05) is 30.1 Å². The van der Waals surface area contributed by atoms with E-state index in [2.05, 4.69) is 29.3 Å². The van der Waals surface area contributed by atoms with Gasteiger partial charge in [-0.2, -0.15) is 0 Å². The summed E-state index contributed by atoms with van der Waals surface area (Å²) in [6.45, 7) is 4.22. The predicted molar refractivity (Wildman–Crippen MR) is 118 cm³/mol. The summed E-state index contributed by atoms with van der Waals surface area (Å²) in [5.74, 6) is -0.0217. The number of benzene rings is 2. The highest BCUT2D eigenvalue weighted by Crippen LogP contribution is 2.35. The molecule has 1 atom stereocenters. The van der Waals surface area contributed by atoms with E-state index in [1.165, 1.54) is 4.90 Å². The first-order valence-electron chi connectivity index (χ1n) is 10.2. The van der Waals surface area contributed by atoms with Gasteiger partial charge in [0.05, 0.1) is 11.3 Å². The molecule has 0 aliphatic carbocycles. The summed E-state index contributed by atoms with van der Waals surface area (Å²) < 4.78 is 0. The minimum atomic E-state index is -0.115. The maximum Gasteiger partial charge on any atom is 0.257 e. The van der Waals surface area contributed by atoms with Crippen molar-refractivity contribution < 1.29 is 9.59 Å². The van der Waals surface area contributed by atoms with Gasteiger partial charge in [0.1, 0.15) is 6.17 Å². The lowest BCUT2D eigenvalue weighted by atomic mass is 9.97. The van der Waals surface area contributed by atoms with Crippen molar-refractivity contribution >= 4 is 29.3 Å². The fourth-order valence-corrected chi connectivity index (χ4v) is 4.70. The second-order valence-corrected chi connectivity index (χ2v) is 8.40. The molecule has 2 aliphatic rings. The fourth-order valence-electron chi connectivity index (χ4n) is 4.29. The topological polar surface area (TPSA) is 52.7 Å². The summed E-state index contributed by atoms with van der Waals surface area (Å²) in [7, 11) is 0. The van der Waals surface area contributed by atoms with Crippen molar-refractivity contribution in [2.75, 3.05) is 24.2 Å². The standard InChI is InChI=1S/C23H27N3O2S/c1-3-25-20-14-17(22(27)24-15-16-7-10-18(29-2)11-8-16)9-12-19(20)23(28)26-13-5-4-6-21(25)26/h7-12,14,21H,3-6,13,15H2,1-2H3,(H,24,27). The van der Waals surface area contributed by atoms with E-state index in [9.17, 15) is 9.59 Å². The molecule has 1 N–H and O–H groups in total. The van der Waals surface area contributed by atoms with E-state index in [0.29, 0.717) is 17.7 Å². The molecule has 0 aromatic heterocycles. The lowest BCUT2D eigenvalue weighted by Gasteiger charge is -2.47. The van der Waals surface area contributed by atoms with Crippen molar-refractivity contribution in [1.82, 2.24) is 10.2 Å². The van der Waals surface area contributed by atoms with Gasteiger partial charge in [0.2, 0.25) is 0 Å². The molecule has 4 rings (SSSR count). The van der Waals surface area contributed by atoms with Gasteiger partial charge in [0.25, 0.3) is 11.8 Å². The molecule has 29 heavy (non-hydrogen) atoms. The minimum absolute atomic E-state index is 0.0928. The Hall–Kier alpha value is -2.47. The summed E-state index contributed by atoms with van der Waals surface area (Å²) >= 11 is 1.70. The summed E-state index contributed by atoms with van der Waals surface area (Å²) in [5.41, 5.74) is 3.25. The average Bonchev–Trinajstić information content (AvgIpc) is 2.78. The Kier molecular flexibility index (Phi) is 5.81. The molecule has 1 saturated heterocycles. The van der Waals surface area contributed by atoms with Crippen LogP contribution >= 0.6 is 11.8 Å². The summed E-state index contributed by atoms with van der Waals surface area (Å²) in [5, 5.41) is 3.00. The summed E-state index contributed by atoms with van der Waals surface area (Å²) in [4.78, 5) is 31.2. The molecule has 1 unspecified atom stereocenters. The van der Waals surface area contributed by atoms with Crippen LogP contribution < -0.4 is 10.2 Å². The normalized spacial score (nSPS) is 18.3. The van der Waals surface area contributed by atoms with E-state index < -0.39 is 0 Å². The molecule has 2 aromatic carbocycles. The Morgan fingerprint density at radius 1 is 1.17 bits per heavy atom. The molecule has 6 heteroatoms. The van der Waals surface area contributed by atoms with E-state index in [-0.39, 0.29) is 18.0 Å². The van der Waals surface area contributed by atoms with E-state index in [0.717, 1.165) is 43.6 Å². The number of thioether (sulfide) groups is 1. The molecule has 0 saturated carbocycles. The number of carbonyl (C=O) groups is 2. The predicted octanol–water partition coefficient (Wildman–Crippen LogP) is 4.13. The molecule has 1 fully saturated rings. The van der Waals surface area contributed by atoms with Crippen LogP contribution in [0.1, 0.15) is 52.5 Å². The molecule has 5 nitrogen and oxygen atoms in total. The zero-order valence-electron chi connectivity index (χ0n) is 17.0. The Bertz CT molecular complexity index is 913. The molecule has 0 bridgehead atoms. The molecule has 0 radical (unpaired) electrons. The van der Waals surface area contributed by atoms with Crippen molar-refractivity contribution in [2.45, 2.75) is 43.8 Å². The number of hydrogen-bond acceptors (Lipinski definition) is 4. The van der Waals surface area contributed by atoms with Crippen LogP contribution in [0.4, 0.5) is 5.69 Å². The summed E-state index contributed by atoms with van der Waals surface area (Å²) in [6.07, 6.45) is 5.34. The van der Waals surface area contributed by atoms with Gasteiger partial charge >= 0.3 is 0 Å². The highest BCUT2D eigenvalue weighted by atomic mass is 32.2. The van der Waals surface area contributed by atoms with Crippen LogP contribution in [-0.4, -0.2) is 42.2 Å². The van der Waals surface area contributed by atoms with Gasteiger partial charge in [-0.3, -0.25) is 9.59 Å². The van der Waals surface area contributed by atoms with E-state index in [1.54, 1.807) is 17.8 Å². The fraction of sp³-hybridized carbons (Fsp3) is 0.391. The largest absolute Gasteiger partial charge is 0.351 e. The highest BCUT2D eigenvalue weighted by Gasteiger charge is 2.38. The van der Waals surface area contributed by atoms with Gasteiger partial charge in [-0.05, 0) is 68.3 Å². The third-order valence-electron chi connectivity index (χ3n) is 5.84. The van der Waals surface area contributed by atoms with Crippen LogP contribution in [0.2, 0.25) is 0 Å². The maximum atomic E-state index is 13.0. The number of piperidine rings is 1. The molecule has 152 valence electrons. The van der Waals surface area contributed by atoms with Crippen LogP contribution in [-0.2, 0) is 6.54 Å². The number of carbonyl (C=O) groups excluding carboxylic acids is 2. The van der Waals surface area contributed by atoms with E-state index in [4.69, 9.17) is 0 Å². The zero-order chi connectivity index (χ0) is 20.4. The number of nitrogens with one attached hydrogen (secondary N) is 1. The summed E-state index contributed by atoms with van der Waals surface area (Å²) in [6, 6.07) is 13.7. The first-order chi connectivity index (χ1) is 14.1. The Morgan fingerprint density at radius 3 is 2.69 bits per heavy atom. The lowest BCUT2D eigenvalue weighted by molar-refractivity contribution is 0.0582. The molecule has 2 aliphatic heterocycles. The highest BCUT2D eigenvalue weighted by molar-refractivity contribution is 7.98. The minimum Gasteiger partial charge on any atom is -0.351 e. The molecule has 2 heterocycles. The van der Waals surface area contributed by atoms with Gasteiger partial charge in [-0.15, -0.1) is 11.8 Å². The van der Waals surface area contributed by atoms with Crippen molar-refractivity contribution in [3.05, 3.63) is 59.2 Å². The average molecular weight is 410 g/mol. The van der Waals surface area contributed by atoms with E-state index >= 15 is 0 Å². The van der Waals surface area contributed by atoms with E-state index in [1.807, 2.05) is 35.4 Å². The third kappa shape index (κ3) is 3.86. The maximum absolute atomic E-state index is 13.0. The van der Waals surface area contributed by atoms with Gasteiger partial charge in [-0.25, -0.2) is 0 Å². The Balaban J connectivity index is 1.53. The number of hydrogen-bond donors (Lipinski definition) is 1. The number of rotatable bonds is 5. The molecular weight excluding hydrogens is 382 g/mol. The van der Waals surface area contributed by atoms with Crippen LogP contribution in [0, 0.1) is 0 Å². The number of fused-ring (bicyclic) bond motifs is 2. The molecular formula is C23H27N3O2S. The van der Waals surface area contributed by atoms with Crippen LogP contribution in [0.15, 0.2) is 47.4 Å². The number of nitrogens with zero attached hydrogens (tertiary/aromatic N) is 2. The molecule has 2 amide bonds. The van der Waals surface area contributed by atoms with Gasteiger partial charge < -0.3 is 15.1 Å². The van der Waals surface area contributed by atoms with Crippen molar-refractivity contribution in [3.63, 3.8) is 0 Å². The van der Waals surface area contributed by atoms with Crippen molar-refractivity contribution in [3.8, 4) is 0 Å². The van der Waals surface area contributed by atoms with Gasteiger partial charge in [-0.1, -0.05) is 12.1 Å². The third-order valence-corrected chi connectivity index (χ3v) is 6.59. The first kappa shape index (κ1) is 19.8. The second kappa shape index (κ2) is 8.49. The quantitative estimate of drug-likeness (QED) is 0.755. The first-order valence-corrected chi connectivity index (χ1v) is 11.5. The second-order valence-electron chi connectivity index (χ2n) is 7.52. The van der Waals surface area contributed by atoms with Crippen molar-refractivity contribution in [2.24, 2.45) is 0 Å². The smallest absolute Gasteiger partial charge is 0.257 e. The Morgan fingerprint density at radius 2 is 1.97 bits per heavy atom. The zero-order valence-corrected chi connectivity index (χ0v) is 17.8.